The highest BCUT2D eigenvalue weighted by Crippen LogP contribution is 2.40. The summed E-state index contributed by atoms with van der Waals surface area (Å²) in [5.74, 6) is 3.17. The number of methoxy groups -OCH3 is 2. The van der Waals surface area contributed by atoms with Crippen LogP contribution in [0, 0.1) is 5.92 Å². The number of benzene rings is 1. The molecule has 1 aromatic carbocycles. The van der Waals surface area contributed by atoms with E-state index in [9.17, 15) is 0 Å². The fraction of sp³-hybridized carbons (Fsp3) is 0.438. The highest BCUT2D eigenvalue weighted by atomic mass is 16.5. The highest BCUT2D eigenvalue weighted by molar-refractivity contribution is 5.77. The van der Waals surface area contributed by atoms with E-state index >= 15 is 0 Å². The first-order chi connectivity index (χ1) is 9.99. The lowest BCUT2D eigenvalue weighted by Crippen LogP contribution is -2.03. The minimum absolute atomic E-state index is 0.220. The molecule has 2 rings (SSSR count). The van der Waals surface area contributed by atoms with Gasteiger partial charge in [-0.2, -0.15) is 0 Å². The summed E-state index contributed by atoms with van der Waals surface area (Å²) >= 11 is 0. The van der Waals surface area contributed by atoms with Crippen LogP contribution in [0.5, 0.6) is 11.5 Å². The number of hydrogen-bond donors (Lipinski definition) is 1. The van der Waals surface area contributed by atoms with E-state index < -0.39 is 0 Å². The molecule has 0 fully saturated rings. The van der Waals surface area contributed by atoms with E-state index in [0.29, 0.717) is 23.2 Å². The zero-order valence-electron chi connectivity index (χ0n) is 13.1. The summed E-state index contributed by atoms with van der Waals surface area (Å²) in [5, 5.41) is 3.93. The summed E-state index contributed by atoms with van der Waals surface area (Å²) in [4.78, 5) is 0. The Morgan fingerprint density at radius 3 is 2.33 bits per heavy atom. The molecule has 2 N–H and O–H groups in total. The molecule has 0 aliphatic carbocycles. The predicted molar refractivity (Wildman–Crippen MR) is 82.7 cm³/mol. The van der Waals surface area contributed by atoms with Gasteiger partial charge in [0.1, 0.15) is 5.76 Å². The molecule has 0 amide bonds. The van der Waals surface area contributed by atoms with E-state index in [4.69, 9.17) is 19.7 Å². The van der Waals surface area contributed by atoms with Crippen LogP contribution in [0.15, 0.2) is 22.7 Å². The van der Waals surface area contributed by atoms with E-state index in [1.807, 2.05) is 18.2 Å². The molecule has 0 radical (unpaired) electrons. The molecule has 1 atom stereocenters. The molecule has 1 aromatic heterocycles. The Hall–Kier alpha value is -2.17. The van der Waals surface area contributed by atoms with Crippen LogP contribution >= 0.6 is 0 Å². The van der Waals surface area contributed by atoms with Gasteiger partial charge in [-0.15, -0.1) is 0 Å². The fourth-order valence-corrected chi connectivity index (χ4v) is 2.21. The number of nitrogens with zero attached hydrogens (tertiary/aromatic N) is 1. The van der Waals surface area contributed by atoms with Crippen LogP contribution in [0.25, 0.3) is 11.1 Å². The van der Waals surface area contributed by atoms with Gasteiger partial charge in [0.25, 0.3) is 0 Å². The number of anilines is 1. The molecule has 5 heteroatoms. The molecule has 21 heavy (non-hydrogen) atoms. The van der Waals surface area contributed by atoms with Gasteiger partial charge in [0.2, 0.25) is 0 Å². The maximum atomic E-state index is 6.00. The molecule has 0 saturated heterocycles. The standard InChI is InChI=1S/C16H22N2O3/c1-9(2)10(3)15-14(16(17)18-21-15)11-6-7-12(19-4)13(8-11)20-5/h6-10H,1-5H3,(H2,17,18). The molecular formula is C16H22N2O3. The maximum absolute atomic E-state index is 6.00. The predicted octanol–water partition coefficient (Wildman–Crippen LogP) is 3.70. The Morgan fingerprint density at radius 2 is 1.76 bits per heavy atom. The van der Waals surface area contributed by atoms with Crippen molar-refractivity contribution in [3.8, 4) is 22.6 Å². The van der Waals surface area contributed by atoms with Crippen molar-refractivity contribution >= 4 is 5.82 Å². The van der Waals surface area contributed by atoms with Crippen molar-refractivity contribution < 1.29 is 14.0 Å². The van der Waals surface area contributed by atoms with Crippen LogP contribution in [0.4, 0.5) is 5.82 Å². The van der Waals surface area contributed by atoms with E-state index in [0.717, 1.165) is 16.9 Å². The second-order valence-corrected chi connectivity index (χ2v) is 5.41. The summed E-state index contributed by atoms with van der Waals surface area (Å²) in [6.45, 7) is 6.39. The van der Waals surface area contributed by atoms with Gasteiger partial charge in [-0.1, -0.05) is 32.0 Å². The zero-order chi connectivity index (χ0) is 15.6. The van der Waals surface area contributed by atoms with Crippen molar-refractivity contribution in [3.05, 3.63) is 24.0 Å². The Labute approximate surface area is 125 Å². The summed E-state index contributed by atoms with van der Waals surface area (Å²) < 4.78 is 16.1. The Kier molecular flexibility index (Phi) is 4.40. The second kappa shape index (κ2) is 6.08. The summed E-state index contributed by atoms with van der Waals surface area (Å²) in [6, 6.07) is 5.67. The van der Waals surface area contributed by atoms with Crippen molar-refractivity contribution in [3.63, 3.8) is 0 Å². The molecule has 0 bridgehead atoms. The first kappa shape index (κ1) is 15.2. The first-order valence-corrected chi connectivity index (χ1v) is 6.97. The van der Waals surface area contributed by atoms with Gasteiger partial charge in [-0.25, -0.2) is 0 Å². The SMILES string of the molecule is COc1ccc(-c2c(N)noc2C(C)C(C)C)cc1OC. The van der Waals surface area contributed by atoms with Crippen LogP contribution in [0.2, 0.25) is 0 Å². The number of nitrogens with two attached hydrogens (primary N) is 1. The number of aromatic nitrogens is 1. The summed E-state index contributed by atoms with van der Waals surface area (Å²) in [7, 11) is 3.22. The Balaban J connectivity index is 2.54. The third kappa shape index (κ3) is 2.82. The third-order valence-electron chi connectivity index (χ3n) is 3.83. The number of ether oxygens (including phenoxy) is 2. The Morgan fingerprint density at radius 1 is 1.10 bits per heavy atom. The monoisotopic (exact) mass is 290 g/mol. The van der Waals surface area contributed by atoms with Gasteiger partial charge in [-0.05, 0) is 23.6 Å². The molecule has 1 unspecified atom stereocenters. The lowest BCUT2D eigenvalue weighted by atomic mass is 9.90. The van der Waals surface area contributed by atoms with Crippen LogP contribution in [0.3, 0.4) is 0 Å². The van der Waals surface area contributed by atoms with E-state index in [1.165, 1.54) is 0 Å². The van der Waals surface area contributed by atoms with Crippen LogP contribution in [0.1, 0.15) is 32.4 Å². The van der Waals surface area contributed by atoms with E-state index in [2.05, 4.69) is 25.9 Å². The van der Waals surface area contributed by atoms with Crippen LogP contribution < -0.4 is 15.2 Å². The third-order valence-corrected chi connectivity index (χ3v) is 3.83. The maximum Gasteiger partial charge on any atom is 0.175 e. The molecule has 5 nitrogen and oxygen atoms in total. The average molecular weight is 290 g/mol. The van der Waals surface area contributed by atoms with Crippen molar-refractivity contribution in [1.82, 2.24) is 5.16 Å². The minimum Gasteiger partial charge on any atom is -0.493 e. The van der Waals surface area contributed by atoms with E-state index in [-0.39, 0.29) is 5.92 Å². The molecular weight excluding hydrogens is 268 g/mol. The molecule has 0 aliphatic rings. The number of nitrogen functional groups attached to an aromatic ring is 1. The summed E-state index contributed by atoms with van der Waals surface area (Å²) in [6.07, 6.45) is 0. The first-order valence-electron chi connectivity index (χ1n) is 6.97. The quantitative estimate of drug-likeness (QED) is 0.909. The van der Waals surface area contributed by atoms with Gasteiger partial charge in [0, 0.05) is 5.92 Å². The molecule has 0 aliphatic heterocycles. The minimum atomic E-state index is 0.220. The van der Waals surface area contributed by atoms with Gasteiger partial charge >= 0.3 is 0 Å². The molecule has 2 aromatic rings. The molecule has 0 saturated carbocycles. The van der Waals surface area contributed by atoms with Gasteiger partial charge < -0.3 is 19.7 Å². The number of hydrogen-bond acceptors (Lipinski definition) is 5. The average Bonchev–Trinajstić information content (AvgIpc) is 2.87. The topological polar surface area (TPSA) is 70.5 Å². The lowest BCUT2D eigenvalue weighted by Gasteiger charge is -2.15. The van der Waals surface area contributed by atoms with Crippen LogP contribution in [-0.2, 0) is 0 Å². The van der Waals surface area contributed by atoms with Crippen molar-refractivity contribution in [2.45, 2.75) is 26.7 Å². The summed E-state index contributed by atoms with van der Waals surface area (Å²) in [5.41, 5.74) is 7.74. The van der Waals surface area contributed by atoms with Crippen molar-refractivity contribution in [2.75, 3.05) is 20.0 Å². The lowest BCUT2D eigenvalue weighted by molar-refractivity contribution is 0.341. The van der Waals surface area contributed by atoms with E-state index in [1.54, 1.807) is 14.2 Å². The molecule has 114 valence electrons. The highest BCUT2D eigenvalue weighted by Gasteiger charge is 2.24. The van der Waals surface area contributed by atoms with Crippen molar-refractivity contribution in [1.29, 1.82) is 0 Å². The zero-order valence-corrected chi connectivity index (χ0v) is 13.1. The molecule has 1 heterocycles. The largest absolute Gasteiger partial charge is 0.493 e. The smallest absolute Gasteiger partial charge is 0.175 e. The normalized spacial score (nSPS) is 12.5. The molecule has 0 spiro atoms. The second-order valence-electron chi connectivity index (χ2n) is 5.41. The number of rotatable bonds is 5. The van der Waals surface area contributed by atoms with Crippen LogP contribution in [-0.4, -0.2) is 19.4 Å². The van der Waals surface area contributed by atoms with Gasteiger partial charge in [-0.3, -0.25) is 0 Å². The van der Waals surface area contributed by atoms with Crippen molar-refractivity contribution in [2.24, 2.45) is 5.92 Å². The Bertz CT molecular complexity index is 620. The van der Waals surface area contributed by atoms with Gasteiger partial charge in [0.05, 0.1) is 19.8 Å². The fourth-order valence-electron chi connectivity index (χ4n) is 2.21. The van der Waals surface area contributed by atoms with Gasteiger partial charge in [0.15, 0.2) is 17.3 Å².